The number of carbonyl (C=O) groups excluding carboxylic acids is 2. The van der Waals surface area contributed by atoms with E-state index in [1.807, 2.05) is 6.92 Å². The van der Waals surface area contributed by atoms with Crippen molar-refractivity contribution in [2.45, 2.75) is 32.4 Å². The van der Waals surface area contributed by atoms with Crippen LogP contribution in [-0.2, 0) is 11.3 Å². The molecule has 98 valence electrons. The Balaban J connectivity index is 2.01. The minimum atomic E-state index is -0.148. The molecule has 1 aliphatic rings. The van der Waals surface area contributed by atoms with Crippen molar-refractivity contribution >= 4 is 23.4 Å². The van der Waals surface area contributed by atoms with Crippen molar-refractivity contribution in [1.29, 1.82) is 0 Å². The third kappa shape index (κ3) is 2.85. The lowest BCUT2D eigenvalue weighted by Crippen LogP contribution is -2.48. The summed E-state index contributed by atoms with van der Waals surface area (Å²) in [4.78, 5) is 23.1. The van der Waals surface area contributed by atoms with Crippen molar-refractivity contribution in [2.24, 2.45) is 0 Å². The van der Waals surface area contributed by atoms with Crippen LogP contribution in [0.3, 0.4) is 0 Å². The first-order chi connectivity index (χ1) is 8.60. The monoisotopic (exact) mass is 269 g/mol. The van der Waals surface area contributed by atoms with Crippen LogP contribution < -0.4 is 10.6 Å². The minimum Gasteiger partial charge on any atom is -0.354 e. The van der Waals surface area contributed by atoms with E-state index in [0.717, 1.165) is 0 Å². The largest absolute Gasteiger partial charge is 0.354 e. The van der Waals surface area contributed by atoms with Crippen LogP contribution in [-0.4, -0.2) is 29.0 Å². The van der Waals surface area contributed by atoms with E-state index >= 15 is 0 Å². The molecule has 2 amide bonds. The molecule has 0 spiro atoms. The molecule has 18 heavy (non-hydrogen) atoms. The summed E-state index contributed by atoms with van der Waals surface area (Å²) in [5.41, 5.74) is 0.555. The molecule has 1 atom stereocenters. The van der Waals surface area contributed by atoms with Crippen molar-refractivity contribution in [3.8, 4) is 0 Å². The Hall–Kier alpha value is -1.49. The van der Waals surface area contributed by atoms with E-state index in [0.29, 0.717) is 36.6 Å². The fraction of sp³-hybridized carbons (Fsp3) is 0.500. The van der Waals surface area contributed by atoms with E-state index in [4.69, 9.17) is 11.6 Å². The summed E-state index contributed by atoms with van der Waals surface area (Å²) in [5.74, 6) is -0.106. The van der Waals surface area contributed by atoms with Gasteiger partial charge in [0.05, 0.1) is 5.02 Å². The van der Waals surface area contributed by atoms with Gasteiger partial charge in [0.1, 0.15) is 5.69 Å². The van der Waals surface area contributed by atoms with Crippen LogP contribution in [0.25, 0.3) is 0 Å². The van der Waals surface area contributed by atoms with Gasteiger partial charge < -0.3 is 15.2 Å². The van der Waals surface area contributed by atoms with E-state index in [1.54, 1.807) is 16.8 Å². The molecule has 1 saturated heterocycles. The van der Waals surface area contributed by atoms with Crippen LogP contribution in [0.1, 0.15) is 30.3 Å². The van der Waals surface area contributed by atoms with E-state index in [-0.39, 0.29) is 17.9 Å². The molecule has 0 bridgehead atoms. The first kappa shape index (κ1) is 13.0. The lowest BCUT2D eigenvalue weighted by Gasteiger charge is -2.23. The van der Waals surface area contributed by atoms with Crippen LogP contribution in [0.5, 0.6) is 0 Å². The standard InChI is InChI=1S/C12H16ClN3O2/c1-2-16-7-8(13)5-10(16)12(18)15-9-3-4-11(17)14-6-9/h5,7,9H,2-4,6H2,1H3,(H,14,17)(H,15,18). The van der Waals surface area contributed by atoms with Gasteiger partial charge in [0, 0.05) is 31.7 Å². The number of amides is 2. The third-order valence-corrected chi connectivity index (χ3v) is 3.24. The predicted octanol–water partition coefficient (Wildman–Crippen LogP) is 1.17. The second-order valence-corrected chi connectivity index (χ2v) is 4.78. The van der Waals surface area contributed by atoms with Crippen LogP contribution in [0.2, 0.25) is 5.02 Å². The summed E-state index contributed by atoms with van der Waals surface area (Å²) >= 11 is 5.89. The van der Waals surface area contributed by atoms with Crippen molar-refractivity contribution < 1.29 is 9.59 Å². The Labute approximate surface area is 110 Å². The number of aromatic nitrogens is 1. The van der Waals surface area contributed by atoms with Gasteiger partial charge in [-0.1, -0.05) is 11.6 Å². The number of nitrogens with one attached hydrogen (secondary N) is 2. The topological polar surface area (TPSA) is 63.1 Å². The number of rotatable bonds is 3. The van der Waals surface area contributed by atoms with Gasteiger partial charge >= 0.3 is 0 Å². The molecule has 2 N–H and O–H groups in total. The number of aryl methyl sites for hydroxylation is 1. The highest BCUT2D eigenvalue weighted by Crippen LogP contribution is 2.14. The van der Waals surface area contributed by atoms with Crippen LogP contribution in [0.15, 0.2) is 12.3 Å². The molecular formula is C12H16ClN3O2. The highest BCUT2D eigenvalue weighted by molar-refractivity contribution is 6.31. The first-order valence-electron chi connectivity index (χ1n) is 6.03. The zero-order valence-electron chi connectivity index (χ0n) is 10.2. The highest BCUT2D eigenvalue weighted by atomic mass is 35.5. The molecule has 6 heteroatoms. The molecule has 1 aromatic rings. The highest BCUT2D eigenvalue weighted by Gasteiger charge is 2.21. The maximum atomic E-state index is 12.1. The summed E-state index contributed by atoms with van der Waals surface area (Å²) in [6, 6.07) is 1.65. The van der Waals surface area contributed by atoms with Gasteiger partial charge in [-0.15, -0.1) is 0 Å². The molecule has 0 saturated carbocycles. The second kappa shape index (κ2) is 5.44. The van der Waals surface area contributed by atoms with Crippen molar-refractivity contribution in [3.63, 3.8) is 0 Å². The summed E-state index contributed by atoms with van der Waals surface area (Å²) in [5, 5.41) is 6.20. The number of hydrogen-bond acceptors (Lipinski definition) is 2. The fourth-order valence-electron chi connectivity index (χ4n) is 2.04. The third-order valence-electron chi connectivity index (χ3n) is 3.04. The van der Waals surface area contributed by atoms with E-state index in [2.05, 4.69) is 10.6 Å². The Bertz CT molecular complexity index is 460. The van der Waals surface area contributed by atoms with Crippen LogP contribution >= 0.6 is 11.6 Å². The zero-order valence-corrected chi connectivity index (χ0v) is 11.0. The van der Waals surface area contributed by atoms with Gasteiger partial charge in [0.25, 0.3) is 5.91 Å². The zero-order chi connectivity index (χ0) is 13.1. The molecule has 1 fully saturated rings. The second-order valence-electron chi connectivity index (χ2n) is 4.34. The molecule has 2 rings (SSSR count). The molecule has 1 aliphatic heterocycles. The summed E-state index contributed by atoms with van der Waals surface area (Å²) in [6.45, 7) is 3.13. The molecule has 1 unspecified atom stereocenters. The predicted molar refractivity (Wildman–Crippen MR) is 68.6 cm³/mol. The normalized spacial score (nSPS) is 19.4. The molecule has 0 radical (unpaired) electrons. The van der Waals surface area contributed by atoms with Gasteiger partial charge in [-0.3, -0.25) is 9.59 Å². The van der Waals surface area contributed by atoms with Gasteiger partial charge in [-0.05, 0) is 19.4 Å². The Morgan fingerprint density at radius 2 is 2.44 bits per heavy atom. The van der Waals surface area contributed by atoms with Crippen molar-refractivity contribution in [3.05, 3.63) is 23.0 Å². The molecule has 5 nitrogen and oxygen atoms in total. The molecular weight excluding hydrogens is 254 g/mol. The van der Waals surface area contributed by atoms with E-state index in [9.17, 15) is 9.59 Å². The average Bonchev–Trinajstić information content (AvgIpc) is 2.73. The maximum Gasteiger partial charge on any atom is 0.268 e. The summed E-state index contributed by atoms with van der Waals surface area (Å²) in [6.07, 6.45) is 2.87. The van der Waals surface area contributed by atoms with E-state index in [1.165, 1.54) is 0 Å². The lowest BCUT2D eigenvalue weighted by atomic mass is 10.1. The fourth-order valence-corrected chi connectivity index (χ4v) is 2.26. The Morgan fingerprint density at radius 1 is 1.67 bits per heavy atom. The number of piperidine rings is 1. The molecule has 2 heterocycles. The average molecular weight is 270 g/mol. The number of hydrogen-bond donors (Lipinski definition) is 2. The number of nitrogens with zero attached hydrogens (tertiary/aromatic N) is 1. The molecule has 0 aromatic carbocycles. The van der Waals surface area contributed by atoms with Crippen LogP contribution in [0, 0.1) is 0 Å². The lowest BCUT2D eigenvalue weighted by molar-refractivity contribution is -0.122. The van der Waals surface area contributed by atoms with Gasteiger partial charge in [0.15, 0.2) is 0 Å². The van der Waals surface area contributed by atoms with Gasteiger partial charge in [-0.25, -0.2) is 0 Å². The Morgan fingerprint density at radius 3 is 3.06 bits per heavy atom. The SMILES string of the molecule is CCn1cc(Cl)cc1C(=O)NC1CCC(=O)NC1. The van der Waals surface area contributed by atoms with Crippen LogP contribution in [0.4, 0.5) is 0 Å². The number of carbonyl (C=O) groups is 2. The quantitative estimate of drug-likeness (QED) is 0.865. The summed E-state index contributed by atoms with van der Waals surface area (Å²) < 4.78 is 1.80. The van der Waals surface area contributed by atoms with Gasteiger partial charge in [0.2, 0.25) is 5.91 Å². The first-order valence-corrected chi connectivity index (χ1v) is 6.41. The smallest absolute Gasteiger partial charge is 0.268 e. The maximum absolute atomic E-state index is 12.1. The minimum absolute atomic E-state index is 0.00539. The number of halogens is 1. The van der Waals surface area contributed by atoms with Gasteiger partial charge in [-0.2, -0.15) is 0 Å². The van der Waals surface area contributed by atoms with E-state index < -0.39 is 0 Å². The van der Waals surface area contributed by atoms with Crippen molar-refractivity contribution in [1.82, 2.24) is 15.2 Å². The molecule has 1 aromatic heterocycles. The molecule has 0 aliphatic carbocycles. The summed E-state index contributed by atoms with van der Waals surface area (Å²) in [7, 11) is 0. The Kier molecular flexibility index (Phi) is 3.91. The van der Waals surface area contributed by atoms with Crippen molar-refractivity contribution in [2.75, 3.05) is 6.54 Å².